The highest BCUT2D eigenvalue weighted by Gasteiger charge is 2.35. The molecule has 1 heterocycles. The van der Waals surface area contributed by atoms with Gasteiger partial charge in [-0.2, -0.15) is 0 Å². The lowest BCUT2D eigenvalue weighted by atomic mass is 10.1. The van der Waals surface area contributed by atoms with Crippen LogP contribution in [0, 0.1) is 11.7 Å². The summed E-state index contributed by atoms with van der Waals surface area (Å²) >= 11 is 1.58. The zero-order valence-corrected chi connectivity index (χ0v) is 12.5. The van der Waals surface area contributed by atoms with Crippen LogP contribution in [0.3, 0.4) is 0 Å². The summed E-state index contributed by atoms with van der Waals surface area (Å²) in [4.78, 5) is 1.000. The molecular formula is C17H20FNS. The van der Waals surface area contributed by atoms with Crippen LogP contribution in [-0.2, 0) is 6.54 Å². The van der Waals surface area contributed by atoms with Gasteiger partial charge in [0, 0.05) is 23.0 Å². The molecule has 0 saturated heterocycles. The number of thiophene rings is 1. The van der Waals surface area contributed by atoms with Crippen LogP contribution in [0.5, 0.6) is 0 Å². The largest absolute Gasteiger partial charge is 0.310 e. The van der Waals surface area contributed by atoms with E-state index in [1.807, 2.05) is 29.6 Å². The van der Waals surface area contributed by atoms with Crippen molar-refractivity contribution in [2.24, 2.45) is 5.92 Å². The summed E-state index contributed by atoms with van der Waals surface area (Å²) in [5.41, 5.74) is 1.89. The number of benzene rings is 1. The smallest absolute Gasteiger partial charge is 0.131 e. The Kier molecular flexibility index (Phi) is 4.18. The normalized spacial score (nSPS) is 21.1. The molecule has 0 amide bonds. The van der Waals surface area contributed by atoms with Gasteiger partial charge in [-0.3, -0.25) is 0 Å². The monoisotopic (exact) mass is 289 g/mol. The van der Waals surface area contributed by atoms with Gasteiger partial charge in [-0.25, -0.2) is 4.39 Å². The molecule has 1 aliphatic carbocycles. The van der Waals surface area contributed by atoms with Crippen molar-refractivity contribution in [1.82, 2.24) is 5.32 Å². The molecule has 1 aromatic carbocycles. The lowest BCUT2D eigenvalue weighted by Gasteiger charge is -2.07. The van der Waals surface area contributed by atoms with Gasteiger partial charge < -0.3 is 5.32 Å². The van der Waals surface area contributed by atoms with Crippen molar-refractivity contribution < 1.29 is 4.39 Å². The molecule has 2 atom stereocenters. The minimum absolute atomic E-state index is 0.133. The van der Waals surface area contributed by atoms with E-state index in [-0.39, 0.29) is 5.82 Å². The number of hydrogen-bond acceptors (Lipinski definition) is 2. The molecule has 1 N–H and O–H groups in total. The maximum absolute atomic E-state index is 13.9. The van der Waals surface area contributed by atoms with Gasteiger partial charge in [0.1, 0.15) is 5.82 Å². The summed E-state index contributed by atoms with van der Waals surface area (Å²) < 4.78 is 13.9. The number of halogens is 1. The van der Waals surface area contributed by atoms with Crippen LogP contribution in [0.1, 0.15) is 31.7 Å². The standard InChI is InChI=1S/C17H20FNS/c1-2-4-13-10-16(13)19-11-12-6-7-15(18)14(9-12)17-5-3-8-20-17/h3,5-9,13,16,19H,2,4,10-11H2,1H3. The Morgan fingerprint density at radius 3 is 3.00 bits per heavy atom. The first kappa shape index (κ1) is 13.8. The molecule has 1 fully saturated rings. The molecule has 106 valence electrons. The van der Waals surface area contributed by atoms with Crippen LogP contribution in [0.2, 0.25) is 0 Å². The quantitative estimate of drug-likeness (QED) is 0.803. The summed E-state index contributed by atoms with van der Waals surface area (Å²) in [5.74, 6) is 0.726. The number of nitrogens with one attached hydrogen (secondary N) is 1. The first-order valence-corrected chi connectivity index (χ1v) is 8.21. The van der Waals surface area contributed by atoms with E-state index >= 15 is 0 Å². The molecule has 3 heteroatoms. The van der Waals surface area contributed by atoms with E-state index in [0.717, 1.165) is 28.5 Å². The van der Waals surface area contributed by atoms with Crippen LogP contribution in [-0.4, -0.2) is 6.04 Å². The zero-order chi connectivity index (χ0) is 13.9. The molecule has 0 bridgehead atoms. The van der Waals surface area contributed by atoms with Crippen LogP contribution in [0.15, 0.2) is 35.7 Å². The molecule has 2 aromatic rings. The third-order valence-electron chi connectivity index (χ3n) is 3.97. The highest BCUT2D eigenvalue weighted by Crippen LogP contribution is 2.35. The van der Waals surface area contributed by atoms with Gasteiger partial charge in [-0.05, 0) is 47.9 Å². The van der Waals surface area contributed by atoms with Crippen LogP contribution >= 0.6 is 11.3 Å². The summed E-state index contributed by atoms with van der Waals surface area (Å²) in [6.45, 7) is 3.08. The molecule has 0 aliphatic heterocycles. The highest BCUT2D eigenvalue weighted by molar-refractivity contribution is 7.13. The van der Waals surface area contributed by atoms with E-state index in [0.29, 0.717) is 6.04 Å². The second kappa shape index (κ2) is 6.06. The van der Waals surface area contributed by atoms with Crippen molar-refractivity contribution in [1.29, 1.82) is 0 Å². The Morgan fingerprint density at radius 2 is 2.25 bits per heavy atom. The molecule has 3 rings (SSSR count). The van der Waals surface area contributed by atoms with Crippen molar-refractivity contribution in [3.63, 3.8) is 0 Å². The second-order valence-corrected chi connectivity index (χ2v) is 6.51. The predicted octanol–water partition coefficient (Wildman–Crippen LogP) is 4.83. The Bertz CT molecular complexity index is 564. The summed E-state index contributed by atoms with van der Waals surface area (Å²) in [6.07, 6.45) is 3.89. The van der Waals surface area contributed by atoms with Crippen LogP contribution < -0.4 is 5.32 Å². The van der Waals surface area contributed by atoms with Gasteiger partial charge in [-0.1, -0.05) is 25.5 Å². The van der Waals surface area contributed by atoms with Crippen molar-refractivity contribution in [2.75, 3.05) is 0 Å². The van der Waals surface area contributed by atoms with Gasteiger partial charge in [0.05, 0.1) is 0 Å². The fraction of sp³-hybridized carbons (Fsp3) is 0.412. The molecule has 0 spiro atoms. The Hall–Kier alpha value is -1.19. The highest BCUT2D eigenvalue weighted by atomic mass is 32.1. The van der Waals surface area contributed by atoms with Crippen LogP contribution in [0.4, 0.5) is 4.39 Å². The summed E-state index contributed by atoms with van der Waals surface area (Å²) in [5, 5.41) is 5.57. The van der Waals surface area contributed by atoms with Crippen molar-refractivity contribution in [2.45, 2.75) is 38.8 Å². The van der Waals surface area contributed by atoms with E-state index in [1.165, 1.54) is 19.3 Å². The van der Waals surface area contributed by atoms with E-state index in [4.69, 9.17) is 0 Å². The third-order valence-corrected chi connectivity index (χ3v) is 4.87. The molecule has 20 heavy (non-hydrogen) atoms. The van der Waals surface area contributed by atoms with E-state index in [2.05, 4.69) is 12.2 Å². The summed E-state index contributed by atoms with van der Waals surface area (Å²) in [7, 11) is 0. The molecule has 1 aromatic heterocycles. The first-order chi connectivity index (χ1) is 9.78. The minimum atomic E-state index is -0.133. The molecular weight excluding hydrogens is 269 g/mol. The molecule has 1 saturated carbocycles. The Balaban J connectivity index is 1.65. The van der Waals surface area contributed by atoms with E-state index < -0.39 is 0 Å². The number of rotatable bonds is 6. The Labute approximate surface area is 123 Å². The average molecular weight is 289 g/mol. The Morgan fingerprint density at radius 1 is 1.35 bits per heavy atom. The predicted molar refractivity (Wildman–Crippen MR) is 83.4 cm³/mol. The van der Waals surface area contributed by atoms with Crippen LogP contribution in [0.25, 0.3) is 10.4 Å². The third kappa shape index (κ3) is 3.10. The van der Waals surface area contributed by atoms with Gasteiger partial charge in [0.15, 0.2) is 0 Å². The molecule has 2 unspecified atom stereocenters. The minimum Gasteiger partial charge on any atom is -0.310 e. The van der Waals surface area contributed by atoms with Gasteiger partial charge in [0.2, 0.25) is 0 Å². The van der Waals surface area contributed by atoms with Crippen molar-refractivity contribution in [3.05, 3.63) is 47.1 Å². The molecule has 0 radical (unpaired) electrons. The molecule has 1 nitrogen and oxygen atoms in total. The topological polar surface area (TPSA) is 12.0 Å². The van der Waals surface area contributed by atoms with Gasteiger partial charge >= 0.3 is 0 Å². The fourth-order valence-corrected chi connectivity index (χ4v) is 3.48. The van der Waals surface area contributed by atoms with Gasteiger partial charge in [-0.15, -0.1) is 11.3 Å². The maximum Gasteiger partial charge on any atom is 0.131 e. The number of hydrogen-bond donors (Lipinski definition) is 1. The fourth-order valence-electron chi connectivity index (χ4n) is 2.74. The SMILES string of the molecule is CCCC1CC1NCc1ccc(F)c(-c2cccs2)c1. The maximum atomic E-state index is 13.9. The average Bonchev–Trinajstić information content (AvgIpc) is 2.98. The second-order valence-electron chi connectivity index (χ2n) is 5.56. The van der Waals surface area contributed by atoms with E-state index in [9.17, 15) is 4.39 Å². The van der Waals surface area contributed by atoms with E-state index in [1.54, 1.807) is 17.4 Å². The summed E-state index contributed by atoms with van der Waals surface area (Å²) in [6, 6.07) is 10.1. The van der Waals surface area contributed by atoms with Crippen molar-refractivity contribution in [3.8, 4) is 10.4 Å². The molecule has 1 aliphatic rings. The zero-order valence-electron chi connectivity index (χ0n) is 11.7. The van der Waals surface area contributed by atoms with Crippen molar-refractivity contribution >= 4 is 11.3 Å². The van der Waals surface area contributed by atoms with Gasteiger partial charge in [0.25, 0.3) is 0 Å². The lowest BCUT2D eigenvalue weighted by Crippen LogP contribution is -2.17. The lowest BCUT2D eigenvalue weighted by molar-refractivity contribution is 0.597. The first-order valence-electron chi connectivity index (χ1n) is 7.33.